The standard InChI is InChI=1S/C23H22N6O3S/c1-24-22(31)17-2-3-19-23(27-17)32-10-14-9-28(4-5-29(14)19)8-13-6-18-20(25-7-13)15-11-33-12-16(15)21(30)26-18/h2-3,6-7,11-12,14H,4-5,8-10H2,1H3,(H,24,31)(H,26,30)/t14-/m1/s1. The van der Waals surface area contributed by atoms with E-state index < -0.39 is 0 Å². The Hall–Kier alpha value is -3.50. The van der Waals surface area contributed by atoms with Gasteiger partial charge in [-0.1, -0.05) is 0 Å². The van der Waals surface area contributed by atoms with Crippen molar-refractivity contribution in [2.45, 2.75) is 12.6 Å². The zero-order valence-electron chi connectivity index (χ0n) is 18.0. The van der Waals surface area contributed by atoms with Crippen molar-refractivity contribution in [3.63, 3.8) is 0 Å². The van der Waals surface area contributed by atoms with E-state index in [1.54, 1.807) is 13.1 Å². The molecule has 1 fully saturated rings. The summed E-state index contributed by atoms with van der Waals surface area (Å²) in [6.07, 6.45) is 1.90. The lowest BCUT2D eigenvalue weighted by atomic mass is 10.1. The number of H-pyrrole nitrogens is 1. The minimum atomic E-state index is -0.224. The van der Waals surface area contributed by atoms with Crippen LogP contribution in [0, 0.1) is 0 Å². The van der Waals surface area contributed by atoms with Crippen LogP contribution in [0.4, 0.5) is 5.69 Å². The lowest BCUT2D eigenvalue weighted by molar-refractivity contribution is 0.0956. The Morgan fingerprint density at radius 1 is 1.30 bits per heavy atom. The summed E-state index contributed by atoms with van der Waals surface area (Å²) in [5, 5.41) is 8.04. The van der Waals surface area contributed by atoms with Gasteiger partial charge in [0.25, 0.3) is 11.5 Å². The van der Waals surface area contributed by atoms with Crippen molar-refractivity contribution < 1.29 is 9.53 Å². The number of amides is 1. The van der Waals surface area contributed by atoms with E-state index in [-0.39, 0.29) is 17.5 Å². The molecule has 168 valence electrons. The summed E-state index contributed by atoms with van der Waals surface area (Å²) in [5.41, 5.74) is 3.89. The molecule has 1 atom stereocenters. The number of nitrogens with one attached hydrogen (secondary N) is 2. The number of fused-ring (bicyclic) bond motifs is 6. The Morgan fingerprint density at radius 3 is 3.06 bits per heavy atom. The van der Waals surface area contributed by atoms with E-state index in [2.05, 4.69) is 30.1 Å². The summed E-state index contributed by atoms with van der Waals surface area (Å²) >= 11 is 1.51. The van der Waals surface area contributed by atoms with Crippen LogP contribution in [0.1, 0.15) is 16.1 Å². The number of hydrogen-bond acceptors (Lipinski definition) is 8. The summed E-state index contributed by atoms with van der Waals surface area (Å²) in [4.78, 5) is 41.0. The molecule has 2 aliphatic heterocycles. The van der Waals surface area contributed by atoms with Crippen LogP contribution in [0.5, 0.6) is 5.88 Å². The first-order valence-electron chi connectivity index (χ1n) is 10.8. The fraction of sp³-hybridized carbons (Fsp3) is 0.304. The van der Waals surface area contributed by atoms with Crippen LogP contribution in [-0.2, 0) is 6.54 Å². The third-order valence-corrected chi connectivity index (χ3v) is 7.09. The molecule has 0 aliphatic carbocycles. The van der Waals surface area contributed by atoms with Gasteiger partial charge in [0.15, 0.2) is 0 Å². The van der Waals surface area contributed by atoms with Gasteiger partial charge in [-0.2, -0.15) is 11.3 Å². The first kappa shape index (κ1) is 20.1. The van der Waals surface area contributed by atoms with E-state index in [4.69, 9.17) is 4.74 Å². The van der Waals surface area contributed by atoms with Gasteiger partial charge >= 0.3 is 0 Å². The number of rotatable bonds is 3. The fourth-order valence-corrected chi connectivity index (χ4v) is 5.53. The van der Waals surface area contributed by atoms with E-state index in [0.717, 1.165) is 53.8 Å². The highest BCUT2D eigenvalue weighted by atomic mass is 32.1. The Bertz CT molecular complexity index is 1450. The minimum Gasteiger partial charge on any atom is -0.474 e. The number of nitrogens with zero attached hydrogens (tertiary/aromatic N) is 4. The zero-order chi connectivity index (χ0) is 22.5. The predicted octanol–water partition coefficient (Wildman–Crippen LogP) is 1.98. The SMILES string of the molecule is CNC(=O)c1ccc2c(n1)OC[C@H]1CN(Cc3cnc4c(c3)[nH]c(=O)c3cscc34)CCN21. The van der Waals surface area contributed by atoms with Crippen LogP contribution in [0.25, 0.3) is 21.8 Å². The molecule has 0 radical (unpaired) electrons. The molecule has 1 amide bonds. The Morgan fingerprint density at radius 2 is 2.18 bits per heavy atom. The van der Waals surface area contributed by atoms with Crippen molar-refractivity contribution >= 4 is 44.7 Å². The molecule has 6 heterocycles. The second kappa shape index (κ2) is 7.82. The molecule has 6 rings (SSSR count). The smallest absolute Gasteiger partial charge is 0.269 e. The quantitative estimate of drug-likeness (QED) is 0.480. The van der Waals surface area contributed by atoms with Crippen molar-refractivity contribution in [3.8, 4) is 5.88 Å². The highest BCUT2D eigenvalue weighted by Crippen LogP contribution is 2.34. The molecule has 10 heteroatoms. The molecule has 4 aromatic heterocycles. The molecule has 1 saturated heterocycles. The minimum absolute atomic E-state index is 0.0717. The van der Waals surface area contributed by atoms with Crippen LogP contribution in [0.15, 0.2) is 40.0 Å². The van der Waals surface area contributed by atoms with Gasteiger partial charge < -0.3 is 19.9 Å². The fourth-order valence-electron chi connectivity index (χ4n) is 4.72. The third kappa shape index (κ3) is 3.42. The summed E-state index contributed by atoms with van der Waals surface area (Å²) in [5.74, 6) is 0.293. The average Bonchev–Trinajstić information content (AvgIpc) is 3.34. The van der Waals surface area contributed by atoms with Crippen LogP contribution in [-0.4, -0.2) is 65.1 Å². The Balaban J connectivity index is 1.20. The van der Waals surface area contributed by atoms with Crippen molar-refractivity contribution in [1.29, 1.82) is 0 Å². The predicted molar refractivity (Wildman–Crippen MR) is 127 cm³/mol. The molecule has 2 aliphatic rings. The number of anilines is 1. The molecule has 9 nitrogen and oxygen atoms in total. The lowest BCUT2D eigenvalue weighted by Gasteiger charge is -2.45. The number of thiophene rings is 1. The highest BCUT2D eigenvalue weighted by Gasteiger charge is 2.34. The molecule has 2 N–H and O–H groups in total. The number of carbonyl (C=O) groups excluding carboxylic acids is 1. The summed E-state index contributed by atoms with van der Waals surface area (Å²) < 4.78 is 5.92. The van der Waals surface area contributed by atoms with Gasteiger partial charge in [-0.3, -0.25) is 19.5 Å². The topological polar surface area (TPSA) is 103 Å². The van der Waals surface area contributed by atoms with E-state index in [0.29, 0.717) is 23.6 Å². The Labute approximate surface area is 193 Å². The van der Waals surface area contributed by atoms with Gasteiger partial charge in [0.1, 0.15) is 18.0 Å². The molecule has 0 spiro atoms. The van der Waals surface area contributed by atoms with Crippen LogP contribution in [0.2, 0.25) is 0 Å². The molecule has 0 saturated carbocycles. The molecule has 0 bridgehead atoms. The van der Waals surface area contributed by atoms with Crippen LogP contribution in [0.3, 0.4) is 0 Å². The third-order valence-electron chi connectivity index (χ3n) is 6.35. The van der Waals surface area contributed by atoms with E-state index in [1.807, 2.05) is 29.1 Å². The molecular weight excluding hydrogens is 440 g/mol. The largest absolute Gasteiger partial charge is 0.474 e. The number of aromatic nitrogens is 3. The average molecular weight is 463 g/mol. The maximum absolute atomic E-state index is 12.4. The molecule has 0 aromatic carbocycles. The first-order chi connectivity index (χ1) is 16.1. The summed E-state index contributed by atoms with van der Waals surface area (Å²) in [6, 6.07) is 5.90. The first-order valence-corrected chi connectivity index (χ1v) is 11.8. The van der Waals surface area contributed by atoms with Gasteiger partial charge in [-0.25, -0.2) is 4.98 Å². The molecule has 4 aromatic rings. The van der Waals surface area contributed by atoms with Crippen molar-refractivity contribution in [3.05, 3.63) is 56.8 Å². The number of carbonyl (C=O) groups is 1. The summed E-state index contributed by atoms with van der Waals surface area (Å²) in [6.45, 7) is 3.83. The molecule has 0 unspecified atom stereocenters. The van der Waals surface area contributed by atoms with E-state index in [1.165, 1.54) is 11.3 Å². The highest BCUT2D eigenvalue weighted by molar-refractivity contribution is 7.09. The van der Waals surface area contributed by atoms with Gasteiger partial charge in [-0.05, 0) is 23.8 Å². The maximum Gasteiger partial charge on any atom is 0.269 e. The molecular formula is C23H22N6O3S. The number of ether oxygens (including phenoxy) is 1. The van der Waals surface area contributed by atoms with E-state index >= 15 is 0 Å². The van der Waals surface area contributed by atoms with Crippen LogP contribution >= 0.6 is 11.3 Å². The number of hydrogen-bond donors (Lipinski definition) is 2. The zero-order valence-corrected chi connectivity index (χ0v) is 18.8. The van der Waals surface area contributed by atoms with Crippen LogP contribution < -0.4 is 20.5 Å². The van der Waals surface area contributed by atoms with Crippen molar-refractivity contribution in [1.82, 2.24) is 25.2 Å². The number of aromatic amines is 1. The number of pyridine rings is 3. The number of piperazine rings is 1. The summed E-state index contributed by atoms with van der Waals surface area (Å²) in [7, 11) is 1.59. The van der Waals surface area contributed by atoms with Gasteiger partial charge in [0, 0.05) is 55.6 Å². The Kier molecular flexibility index (Phi) is 4.77. The monoisotopic (exact) mass is 462 g/mol. The van der Waals surface area contributed by atoms with E-state index in [9.17, 15) is 9.59 Å². The molecule has 33 heavy (non-hydrogen) atoms. The normalized spacial score (nSPS) is 18.1. The second-order valence-corrected chi connectivity index (χ2v) is 9.13. The van der Waals surface area contributed by atoms with Crippen molar-refractivity contribution in [2.24, 2.45) is 0 Å². The second-order valence-electron chi connectivity index (χ2n) is 8.39. The van der Waals surface area contributed by atoms with Crippen molar-refractivity contribution in [2.75, 3.05) is 38.2 Å². The van der Waals surface area contributed by atoms with Gasteiger partial charge in [0.2, 0.25) is 5.88 Å². The maximum atomic E-state index is 12.4. The lowest BCUT2D eigenvalue weighted by Crippen LogP contribution is -2.57. The van der Waals surface area contributed by atoms with Gasteiger partial charge in [-0.15, -0.1) is 0 Å². The van der Waals surface area contributed by atoms with Gasteiger partial charge in [0.05, 0.1) is 22.5 Å².